The summed E-state index contributed by atoms with van der Waals surface area (Å²) in [4.78, 5) is 15.9. The van der Waals surface area contributed by atoms with Crippen molar-refractivity contribution in [1.82, 2.24) is 4.90 Å². The molecule has 0 aliphatic carbocycles. The Balaban J connectivity index is 1.48. The molecule has 0 bridgehead atoms. The zero-order valence-corrected chi connectivity index (χ0v) is 20.0. The second kappa shape index (κ2) is 9.64. The lowest BCUT2D eigenvalue weighted by molar-refractivity contribution is -0.115. The normalized spacial score (nSPS) is 16.0. The topological polar surface area (TPSA) is 116 Å². The molecule has 0 saturated heterocycles. The number of nitrogens with two attached hydrogens (primary N) is 1. The van der Waals surface area contributed by atoms with E-state index in [2.05, 4.69) is 23.2 Å². The highest BCUT2D eigenvalue weighted by Gasteiger charge is 2.29. The summed E-state index contributed by atoms with van der Waals surface area (Å²) >= 11 is 1.41. The number of fused-ring (bicyclic) bond motifs is 1. The number of nitriles is 1. The molecule has 176 valence electrons. The molecule has 0 saturated carbocycles. The lowest BCUT2D eigenvalue weighted by atomic mass is 9.99. The number of primary sulfonamides is 1. The van der Waals surface area contributed by atoms with Gasteiger partial charge in [-0.05, 0) is 48.7 Å². The lowest BCUT2D eigenvalue weighted by Crippen LogP contribution is -2.37. The summed E-state index contributed by atoms with van der Waals surface area (Å²) in [6, 6.07) is 14.7. The summed E-state index contributed by atoms with van der Waals surface area (Å²) in [6.07, 6.45) is 0.759. The number of anilines is 1. The van der Waals surface area contributed by atoms with Crippen LogP contribution in [0.25, 0.3) is 0 Å². The van der Waals surface area contributed by atoms with Crippen molar-refractivity contribution in [2.45, 2.75) is 43.8 Å². The van der Waals surface area contributed by atoms with Gasteiger partial charge in [-0.25, -0.2) is 17.9 Å². The molecule has 2 heterocycles. The molecule has 34 heavy (non-hydrogen) atoms. The first kappa shape index (κ1) is 24.0. The lowest BCUT2D eigenvalue weighted by Gasteiger charge is -2.33. The predicted octanol–water partition coefficient (Wildman–Crippen LogP) is 3.53. The number of amides is 1. The Morgan fingerprint density at radius 2 is 2.00 bits per heavy atom. The van der Waals surface area contributed by atoms with Crippen molar-refractivity contribution in [3.63, 3.8) is 0 Å². The van der Waals surface area contributed by atoms with Crippen molar-refractivity contribution in [3.05, 3.63) is 81.5 Å². The molecule has 1 amide bonds. The Labute approximate surface area is 201 Å². The molecule has 2 aromatic carbocycles. The minimum atomic E-state index is -3.80. The smallest absolute Gasteiger partial charge is 0.238 e. The molecule has 1 aromatic heterocycles. The van der Waals surface area contributed by atoms with E-state index < -0.39 is 10.0 Å². The highest BCUT2D eigenvalue weighted by atomic mass is 32.2. The van der Waals surface area contributed by atoms with Gasteiger partial charge in [-0.2, -0.15) is 5.26 Å². The van der Waals surface area contributed by atoms with Gasteiger partial charge in [0.05, 0.1) is 16.9 Å². The maximum Gasteiger partial charge on any atom is 0.238 e. The summed E-state index contributed by atoms with van der Waals surface area (Å²) in [5.41, 5.74) is 2.84. The fraction of sp³-hybridized carbons (Fsp3) is 0.250. The van der Waals surface area contributed by atoms with Gasteiger partial charge in [-0.1, -0.05) is 24.3 Å². The molecule has 0 fully saturated rings. The zero-order chi connectivity index (χ0) is 24.5. The molecule has 1 aliphatic rings. The van der Waals surface area contributed by atoms with Crippen LogP contribution in [0.1, 0.15) is 34.1 Å². The van der Waals surface area contributed by atoms with Gasteiger partial charge in [-0.15, -0.1) is 11.3 Å². The third kappa shape index (κ3) is 5.34. The van der Waals surface area contributed by atoms with Crippen LogP contribution in [0.4, 0.5) is 9.39 Å². The number of nitrogens with zero attached hydrogens (tertiary/aromatic N) is 2. The third-order valence-electron chi connectivity index (χ3n) is 5.81. The van der Waals surface area contributed by atoms with Crippen molar-refractivity contribution >= 4 is 32.3 Å². The Morgan fingerprint density at radius 1 is 1.26 bits per heavy atom. The number of rotatable bonds is 6. The van der Waals surface area contributed by atoms with Gasteiger partial charge in [0.2, 0.25) is 15.9 Å². The number of nitrogens with one attached hydrogen (secondary N) is 1. The van der Waals surface area contributed by atoms with Gasteiger partial charge in [0.25, 0.3) is 0 Å². The third-order valence-corrected chi connectivity index (χ3v) is 7.91. The largest absolute Gasteiger partial charge is 0.316 e. The molecule has 7 nitrogen and oxygen atoms in total. The van der Waals surface area contributed by atoms with Gasteiger partial charge >= 0.3 is 0 Å². The highest BCUT2D eigenvalue weighted by Crippen LogP contribution is 2.38. The summed E-state index contributed by atoms with van der Waals surface area (Å²) < 4.78 is 36.4. The van der Waals surface area contributed by atoms with E-state index in [1.54, 1.807) is 6.07 Å². The fourth-order valence-corrected chi connectivity index (χ4v) is 5.85. The maximum absolute atomic E-state index is 13.6. The predicted molar refractivity (Wildman–Crippen MR) is 128 cm³/mol. The van der Waals surface area contributed by atoms with E-state index in [4.69, 9.17) is 5.14 Å². The summed E-state index contributed by atoms with van der Waals surface area (Å²) in [5, 5.41) is 18.3. The van der Waals surface area contributed by atoms with E-state index in [9.17, 15) is 22.9 Å². The van der Waals surface area contributed by atoms with Crippen LogP contribution in [0, 0.1) is 17.1 Å². The van der Waals surface area contributed by atoms with E-state index in [0.717, 1.165) is 22.4 Å². The number of hydrogen-bond donors (Lipinski definition) is 2. The number of thiophene rings is 1. The van der Waals surface area contributed by atoms with E-state index in [-0.39, 0.29) is 29.1 Å². The summed E-state index contributed by atoms with van der Waals surface area (Å²) in [7, 11) is -3.80. The van der Waals surface area contributed by atoms with Crippen molar-refractivity contribution < 1.29 is 17.6 Å². The first-order valence-corrected chi connectivity index (χ1v) is 12.9. The first-order valence-electron chi connectivity index (χ1n) is 10.6. The number of carbonyl (C=O) groups is 1. The number of sulfonamides is 1. The molecule has 10 heteroatoms. The van der Waals surface area contributed by atoms with Crippen LogP contribution in [-0.2, 0) is 40.7 Å². The van der Waals surface area contributed by atoms with Gasteiger partial charge in [-0.3, -0.25) is 9.69 Å². The monoisotopic (exact) mass is 498 g/mol. The quantitative estimate of drug-likeness (QED) is 0.539. The second-order valence-corrected chi connectivity index (χ2v) is 11.0. The van der Waals surface area contributed by atoms with Crippen LogP contribution in [0.2, 0.25) is 0 Å². The first-order chi connectivity index (χ1) is 16.1. The molecule has 1 aliphatic heterocycles. The Hall–Kier alpha value is -3.10. The Morgan fingerprint density at radius 3 is 2.65 bits per heavy atom. The Kier molecular flexibility index (Phi) is 6.81. The molecule has 0 radical (unpaired) electrons. The van der Waals surface area contributed by atoms with Crippen LogP contribution in [0.15, 0.2) is 53.4 Å². The molecular formula is C24H23FN4O3S2. The van der Waals surface area contributed by atoms with Crippen molar-refractivity contribution in [2.75, 3.05) is 5.32 Å². The van der Waals surface area contributed by atoms with Crippen molar-refractivity contribution in [1.29, 1.82) is 5.26 Å². The molecule has 0 spiro atoms. The number of carbonyl (C=O) groups excluding carboxylic acids is 1. The number of hydrogen-bond acceptors (Lipinski definition) is 6. The average Bonchev–Trinajstić information content (AvgIpc) is 3.09. The minimum Gasteiger partial charge on any atom is -0.316 e. The molecule has 1 atom stereocenters. The van der Waals surface area contributed by atoms with Crippen LogP contribution >= 0.6 is 11.3 Å². The van der Waals surface area contributed by atoms with Crippen LogP contribution in [0.5, 0.6) is 0 Å². The Bertz CT molecular complexity index is 1380. The number of benzene rings is 2. The maximum atomic E-state index is 13.6. The van der Waals surface area contributed by atoms with Crippen LogP contribution < -0.4 is 10.5 Å². The van der Waals surface area contributed by atoms with Gasteiger partial charge < -0.3 is 5.32 Å². The van der Waals surface area contributed by atoms with E-state index >= 15 is 0 Å². The van der Waals surface area contributed by atoms with E-state index in [1.165, 1.54) is 47.7 Å². The highest BCUT2D eigenvalue weighted by molar-refractivity contribution is 7.89. The number of halogens is 1. The average molecular weight is 499 g/mol. The SMILES string of the molecule is CC1Cc2sc(NC(=O)Cc3ccc(S(N)(=O)=O)cc3)c(C#N)c2CN1Cc1cccc(F)c1. The molecule has 4 rings (SSSR count). The molecule has 3 N–H and O–H groups in total. The van der Waals surface area contributed by atoms with Gasteiger partial charge in [0, 0.05) is 29.6 Å². The second-order valence-electron chi connectivity index (χ2n) is 8.32. The van der Waals surface area contributed by atoms with Gasteiger partial charge in [0.15, 0.2) is 0 Å². The fourth-order valence-electron chi connectivity index (χ4n) is 4.04. The molecule has 1 unspecified atom stereocenters. The summed E-state index contributed by atoms with van der Waals surface area (Å²) in [6.45, 7) is 3.20. The minimum absolute atomic E-state index is 0.0220. The van der Waals surface area contributed by atoms with Gasteiger partial charge in [0.1, 0.15) is 16.9 Å². The van der Waals surface area contributed by atoms with E-state index in [1.807, 2.05) is 6.07 Å². The molecular weight excluding hydrogens is 475 g/mol. The summed E-state index contributed by atoms with van der Waals surface area (Å²) in [5.74, 6) is -0.580. The molecule has 3 aromatic rings. The standard InChI is InChI=1S/C24H23FN4O3S2/c1-15-9-22-21(14-29(15)13-17-3-2-4-18(25)10-17)20(12-26)24(33-22)28-23(30)11-16-5-7-19(8-6-16)34(27,31)32/h2-8,10,15H,9,11,13-14H2,1H3,(H,28,30)(H2,27,31,32). The van der Waals surface area contributed by atoms with Crippen LogP contribution in [0.3, 0.4) is 0 Å². The van der Waals surface area contributed by atoms with Crippen molar-refractivity contribution in [2.24, 2.45) is 5.14 Å². The van der Waals surface area contributed by atoms with Crippen molar-refractivity contribution in [3.8, 4) is 6.07 Å². The van der Waals surface area contributed by atoms with Crippen LogP contribution in [-0.4, -0.2) is 25.3 Å². The zero-order valence-electron chi connectivity index (χ0n) is 18.4. The van der Waals surface area contributed by atoms with E-state index in [0.29, 0.717) is 29.2 Å².